The summed E-state index contributed by atoms with van der Waals surface area (Å²) in [5.74, 6) is 5.24. The number of aromatic nitrogens is 1. The molecule has 0 fully saturated rings. The van der Waals surface area contributed by atoms with E-state index in [-0.39, 0.29) is 18.1 Å². The number of nitrogens with one attached hydrogen (secondary N) is 1. The molecule has 0 spiro atoms. The van der Waals surface area contributed by atoms with Crippen molar-refractivity contribution >= 4 is 11.6 Å². The molecule has 0 aliphatic rings. The Hall–Kier alpha value is -2.42. The Morgan fingerprint density at radius 1 is 1.65 bits per heavy atom. The number of hydrogen-bond donors (Lipinski definition) is 1. The van der Waals surface area contributed by atoms with E-state index in [0.717, 1.165) is 0 Å². The van der Waals surface area contributed by atoms with Crippen LogP contribution < -0.4 is 5.32 Å². The summed E-state index contributed by atoms with van der Waals surface area (Å²) in [6.45, 7) is 3.25. The van der Waals surface area contributed by atoms with Crippen LogP contribution >= 0.6 is 0 Å². The number of hydrogen-bond acceptors (Lipinski definition) is 4. The van der Waals surface area contributed by atoms with Gasteiger partial charge in [0.1, 0.15) is 11.9 Å². The molecule has 1 rings (SSSR count). The Kier molecular flexibility index (Phi) is 4.17. The summed E-state index contributed by atoms with van der Waals surface area (Å²) < 4.78 is 0. The zero-order chi connectivity index (χ0) is 12.8. The summed E-state index contributed by atoms with van der Waals surface area (Å²) in [7, 11) is 0. The summed E-state index contributed by atoms with van der Waals surface area (Å²) in [6, 6.07) is 1.54. The maximum atomic E-state index is 10.6. The predicted octanol–water partition coefficient (Wildman–Crippen LogP) is 0.786. The number of amides is 1. The van der Waals surface area contributed by atoms with Crippen LogP contribution in [0, 0.1) is 28.9 Å². The molecule has 1 aromatic heterocycles. The second kappa shape index (κ2) is 5.61. The fraction of sp³-hybridized carbons (Fsp3) is 0.273. The molecule has 88 valence electrons. The number of carbonyl (C=O) groups excluding carboxylic acids is 1. The van der Waals surface area contributed by atoms with Crippen molar-refractivity contribution in [1.29, 1.82) is 0 Å². The fourth-order valence-corrected chi connectivity index (χ4v) is 1.11. The average Bonchev–Trinajstić information content (AvgIpc) is 2.23. The highest BCUT2D eigenvalue weighted by Gasteiger charge is 2.10. The van der Waals surface area contributed by atoms with Gasteiger partial charge in [-0.1, -0.05) is 5.92 Å². The third-order valence-corrected chi connectivity index (χ3v) is 1.92. The number of nitrogens with zero attached hydrogens (tertiary/aromatic N) is 2. The van der Waals surface area contributed by atoms with Crippen molar-refractivity contribution < 1.29 is 9.72 Å². The summed E-state index contributed by atoms with van der Waals surface area (Å²) in [5, 5.41) is 13.1. The summed E-state index contributed by atoms with van der Waals surface area (Å²) in [5.41, 5.74) is 0.921. The number of pyridine rings is 1. The number of carbonyl (C=O) groups is 1. The van der Waals surface area contributed by atoms with E-state index in [0.29, 0.717) is 11.3 Å². The standard InChI is InChI=1S/C11H11N3O3/c1-8-6-10(4-3-5-12-9(2)15)13-7-11(8)14(16)17/h6-7H,5H2,1-2H3,(H,12,15). The second-order valence-corrected chi connectivity index (χ2v) is 3.32. The predicted molar refractivity (Wildman–Crippen MR) is 61.2 cm³/mol. The lowest BCUT2D eigenvalue weighted by molar-refractivity contribution is -0.385. The first-order chi connectivity index (χ1) is 8.00. The summed E-state index contributed by atoms with van der Waals surface area (Å²) in [4.78, 5) is 24.5. The van der Waals surface area contributed by atoms with Gasteiger partial charge in [-0.3, -0.25) is 14.9 Å². The molecular formula is C11H11N3O3. The topological polar surface area (TPSA) is 85.1 Å². The smallest absolute Gasteiger partial charge is 0.290 e. The summed E-state index contributed by atoms with van der Waals surface area (Å²) in [6.07, 6.45) is 1.18. The van der Waals surface area contributed by atoms with Crippen LogP contribution in [0.15, 0.2) is 12.3 Å². The van der Waals surface area contributed by atoms with Crippen molar-refractivity contribution in [3.63, 3.8) is 0 Å². The van der Waals surface area contributed by atoms with E-state index < -0.39 is 4.92 Å². The molecule has 0 radical (unpaired) electrons. The van der Waals surface area contributed by atoms with E-state index in [9.17, 15) is 14.9 Å². The van der Waals surface area contributed by atoms with Gasteiger partial charge in [-0.2, -0.15) is 0 Å². The van der Waals surface area contributed by atoms with Crippen LogP contribution in [0.1, 0.15) is 18.2 Å². The van der Waals surface area contributed by atoms with E-state index in [2.05, 4.69) is 22.1 Å². The molecule has 1 amide bonds. The van der Waals surface area contributed by atoms with Crippen LogP contribution in [0.5, 0.6) is 0 Å². The van der Waals surface area contributed by atoms with E-state index >= 15 is 0 Å². The molecule has 17 heavy (non-hydrogen) atoms. The largest absolute Gasteiger partial charge is 0.345 e. The lowest BCUT2D eigenvalue weighted by Crippen LogP contribution is -2.19. The van der Waals surface area contributed by atoms with Crippen molar-refractivity contribution in [2.24, 2.45) is 0 Å². The van der Waals surface area contributed by atoms with Crippen LogP contribution in [0.2, 0.25) is 0 Å². The van der Waals surface area contributed by atoms with Gasteiger partial charge in [0.25, 0.3) is 5.69 Å². The van der Waals surface area contributed by atoms with Crippen LogP contribution in [0.25, 0.3) is 0 Å². The molecule has 1 heterocycles. The quantitative estimate of drug-likeness (QED) is 0.465. The van der Waals surface area contributed by atoms with Crippen LogP contribution in [-0.2, 0) is 4.79 Å². The highest BCUT2D eigenvalue weighted by Crippen LogP contribution is 2.15. The molecule has 0 atom stereocenters. The molecule has 0 unspecified atom stereocenters. The molecule has 0 bridgehead atoms. The molecular weight excluding hydrogens is 222 g/mol. The van der Waals surface area contributed by atoms with Crippen molar-refractivity contribution in [3.8, 4) is 11.8 Å². The molecule has 0 aliphatic carbocycles. The van der Waals surface area contributed by atoms with E-state index in [1.54, 1.807) is 13.0 Å². The lowest BCUT2D eigenvalue weighted by atomic mass is 10.2. The lowest BCUT2D eigenvalue weighted by Gasteiger charge is -1.96. The molecule has 6 nitrogen and oxygen atoms in total. The Balaban J connectivity index is 2.77. The van der Waals surface area contributed by atoms with Gasteiger partial charge in [-0.25, -0.2) is 4.98 Å². The van der Waals surface area contributed by atoms with Crippen LogP contribution in [0.3, 0.4) is 0 Å². The first-order valence-electron chi connectivity index (χ1n) is 4.85. The minimum absolute atomic E-state index is 0.0302. The van der Waals surface area contributed by atoms with E-state index in [4.69, 9.17) is 0 Å². The first-order valence-corrected chi connectivity index (χ1v) is 4.85. The first kappa shape index (κ1) is 12.6. The number of aryl methyl sites for hydroxylation is 1. The zero-order valence-corrected chi connectivity index (χ0v) is 9.48. The highest BCUT2D eigenvalue weighted by molar-refractivity contribution is 5.73. The van der Waals surface area contributed by atoms with Gasteiger partial charge in [0.2, 0.25) is 5.91 Å². The highest BCUT2D eigenvalue weighted by atomic mass is 16.6. The second-order valence-electron chi connectivity index (χ2n) is 3.32. The van der Waals surface area contributed by atoms with Crippen molar-refractivity contribution in [1.82, 2.24) is 10.3 Å². The maximum Gasteiger partial charge on any atom is 0.290 e. The van der Waals surface area contributed by atoms with Gasteiger partial charge < -0.3 is 5.32 Å². The van der Waals surface area contributed by atoms with Crippen molar-refractivity contribution in [3.05, 3.63) is 33.6 Å². The Labute approximate surface area is 98.2 Å². The SMILES string of the molecule is CC(=O)NCC#Cc1cc(C)c([N+](=O)[O-])cn1. The Bertz CT molecular complexity index is 514. The van der Waals surface area contributed by atoms with E-state index in [1.807, 2.05) is 0 Å². The van der Waals surface area contributed by atoms with E-state index in [1.165, 1.54) is 13.1 Å². The zero-order valence-electron chi connectivity index (χ0n) is 9.48. The molecule has 1 aromatic rings. The minimum atomic E-state index is -0.489. The van der Waals surface area contributed by atoms with Crippen LogP contribution in [-0.4, -0.2) is 22.4 Å². The molecule has 0 aromatic carbocycles. The van der Waals surface area contributed by atoms with Gasteiger partial charge >= 0.3 is 0 Å². The Morgan fingerprint density at radius 2 is 2.35 bits per heavy atom. The van der Waals surface area contributed by atoms with Crippen molar-refractivity contribution in [2.75, 3.05) is 6.54 Å². The molecule has 6 heteroatoms. The monoisotopic (exact) mass is 233 g/mol. The van der Waals surface area contributed by atoms with Crippen molar-refractivity contribution in [2.45, 2.75) is 13.8 Å². The van der Waals surface area contributed by atoms with Gasteiger partial charge in [0.15, 0.2) is 0 Å². The van der Waals surface area contributed by atoms with Gasteiger partial charge in [-0.05, 0) is 18.9 Å². The molecule has 1 N–H and O–H groups in total. The average molecular weight is 233 g/mol. The molecule has 0 aliphatic heterocycles. The minimum Gasteiger partial charge on any atom is -0.345 e. The third-order valence-electron chi connectivity index (χ3n) is 1.92. The maximum absolute atomic E-state index is 10.6. The summed E-state index contributed by atoms with van der Waals surface area (Å²) >= 11 is 0. The Morgan fingerprint density at radius 3 is 2.88 bits per heavy atom. The molecule has 0 saturated carbocycles. The van der Waals surface area contributed by atoms with Crippen LogP contribution in [0.4, 0.5) is 5.69 Å². The van der Waals surface area contributed by atoms with Gasteiger partial charge in [0, 0.05) is 12.5 Å². The number of nitro groups is 1. The molecule has 0 saturated heterocycles. The number of rotatable bonds is 2. The third kappa shape index (κ3) is 3.91. The fourth-order valence-electron chi connectivity index (χ4n) is 1.11. The normalized spacial score (nSPS) is 9.06. The van der Waals surface area contributed by atoms with Gasteiger partial charge in [-0.15, -0.1) is 0 Å². The van der Waals surface area contributed by atoms with Gasteiger partial charge in [0.05, 0.1) is 11.5 Å².